The van der Waals surface area contributed by atoms with Crippen LogP contribution in [0.2, 0.25) is 4.34 Å². The van der Waals surface area contributed by atoms with Gasteiger partial charge >= 0.3 is 0 Å². The summed E-state index contributed by atoms with van der Waals surface area (Å²) in [5, 5.41) is 3.31. The molecule has 1 atom stereocenters. The van der Waals surface area contributed by atoms with Gasteiger partial charge in [-0.25, -0.2) is 0 Å². The van der Waals surface area contributed by atoms with Crippen LogP contribution < -0.4 is 5.32 Å². The molecule has 2 heterocycles. The molecule has 0 aliphatic carbocycles. The molecular weight excluding hydrogens is 232 g/mol. The summed E-state index contributed by atoms with van der Waals surface area (Å²) in [6.07, 6.45) is 0. The van der Waals surface area contributed by atoms with Gasteiger partial charge < -0.3 is 10.2 Å². The van der Waals surface area contributed by atoms with E-state index in [4.69, 9.17) is 11.6 Å². The van der Waals surface area contributed by atoms with Crippen molar-refractivity contribution in [2.24, 2.45) is 0 Å². The van der Waals surface area contributed by atoms with Gasteiger partial charge in [-0.15, -0.1) is 11.3 Å². The molecule has 0 radical (unpaired) electrons. The lowest BCUT2D eigenvalue weighted by Gasteiger charge is -2.31. The van der Waals surface area contributed by atoms with Gasteiger partial charge in [0.15, 0.2) is 0 Å². The van der Waals surface area contributed by atoms with Crippen LogP contribution in [0.15, 0.2) is 12.1 Å². The molecule has 3 nitrogen and oxygen atoms in total. The van der Waals surface area contributed by atoms with Crippen molar-refractivity contribution in [1.82, 2.24) is 10.2 Å². The fraction of sp³-hybridized carbons (Fsp3) is 0.500. The molecule has 0 unspecified atom stereocenters. The minimum absolute atomic E-state index is 0.0975. The summed E-state index contributed by atoms with van der Waals surface area (Å²) in [7, 11) is 0. The maximum absolute atomic E-state index is 12.0. The Balaban J connectivity index is 2.07. The lowest BCUT2D eigenvalue weighted by molar-refractivity contribution is 0.0714. The number of piperazine rings is 1. The van der Waals surface area contributed by atoms with Gasteiger partial charge in [-0.2, -0.15) is 0 Å². The van der Waals surface area contributed by atoms with Crippen LogP contribution in [0.5, 0.6) is 0 Å². The fourth-order valence-electron chi connectivity index (χ4n) is 1.70. The molecule has 1 N–H and O–H groups in total. The zero-order chi connectivity index (χ0) is 10.8. The van der Waals surface area contributed by atoms with E-state index >= 15 is 0 Å². The summed E-state index contributed by atoms with van der Waals surface area (Å²) >= 11 is 7.15. The molecule has 0 bridgehead atoms. The molecule has 1 aromatic rings. The van der Waals surface area contributed by atoms with Crippen molar-refractivity contribution in [2.45, 2.75) is 13.0 Å². The summed E-state index contributed by atoms with van der Waals surface area (Å²) in [5.41, 5.74) is 0. The third-order valence-corrected chi connectivity index (χ3v) is 3.66. The van der Waals surface area contributed by atoms with Crippen LogP contribution in [0.4, 0.5) is 0 Å². The number of nitrogens with zero attached hydrogens (tertiary/aromatic N) is 1. The number of thiophene rings is 1. The van der Waals surface area contributed by atoms with Gasteiger partial charge in [-0.3, -0.25) is 4.79 Å². The number of carbonyl (C=O) groups excluding carboxylic acids is 1. The normalized spacial score (nSPS) is 21.7. The minimum Gasteiger partial charge on any atom is -0.335 e. The zero-order valence-corrected chi connectivity index (χ0v) is 10.1. The summed E-state index contributed by atoms with van der Waals surface area (Å²) in [6, 6.07) is 3.94. The summed E-state index contributed by atoms with van der Waals surface area (Å²) in [5.74, 6) is 0.0975. The number of hydrogen-bond donors (Lipinski definition) is 1. The van der Waals surface area contributed by atoms with Crippen LogP contribution in [0, 0.1) is 0 Å². The van der Waals surface area contributed by atoms with Crippen LogP contribution in [0.3, 0.4) is 0 Å². The number of nitrogens with one attached hydrogen (secondary N) is 1. The van der Waals surface area contributed by atoms with Crippen LogP contribution in [0.25, 0.3) is 0 Å². The highest BCUT2D eigenvalue weighted by Gasteiger charge is 2.22. The lowest BCUT2D eigenvalue weighted by Crippen LogP contribution is -2.51. The van der Waals surface area contributed by atoms with Crippen molar-refractivity contribution in [3.63, 3.8) is 0 Å². The molecule has 5 heteroatoms. The standard InChI is InChI=1S/C10H13ClN2OS/c1-7-6-13(5-4-12-7)10(14)8-2-3-9(11)15-8/h2-3,7,12H,4-6H2,1H3/t7-/m1/s1. The molecule has 1 aliphatic heterocycles. The molecule has 82 valence electrons. The first-order valence-corrected chi connectivity index (χ1v) is 6.14. The van der Waals surface area contributed by atoms with Gasteiger partial charge in [0.25, 0.3) is 5.91 Å². The van der Waals surface area contributed by atoms with E-state index in [0.29, 0.717) is 10.4 Å². The number of carbonyl (C=O) groups is 1. The van der Waals surface area contributed by atoms with Crippen LogP contribution in [-0.2, 0) is 0 Å². The Labute approximate surface area is 98.0 Å². The largest absolute Gasteiger partial charge is 0.335 e. The summed E-state index contributed by atoms with van der Waals surface area (Å²) in [4.78, 5) is 14.6. The van der Waals surface area contributed by atoms with Crippen molar-refractivity contribution in [1.29, 1.82) is 0 Å². The van der Waals surface area contributed by atoms with Crippen molar-refractivity contribution in [2.75, 3.05) is 19.6 Å². The van der Waals surface area contributed by atoms with Gasteiger partial charge in [0.2, 0.25) is 0 Å². The van der Waals surface area contributed by atoms with Crippen molar-refractivity contribution >= 4 is 28.8 Å². The highest BCUT2D eigenvalue weighted by Crippen LogP contribution is 2.23. The van der Waals surface area contributed by atoms with E-state index < -0.39 is 0 Å². The number of amides is 1. The smallest absolute Gasteiger partial charge is 0.264 e. The Morgan fingerprint density at radius 3 is 3.07 bits per heavy atom. The van der Waals surface area contributed by atoms with Crippen molar-refractivity contribution in [3.05, 3.63) is 21.3 Å². The third-order valence-electron chi connectivity index (χ3n) is 2.44. The number of halogens is 1. The Bertz CT molecular complexity index is 366. The van der Waals surface area contributed by atoms with Crippen LogP contribution in [0.1, 0.15) is 16.6 Å². The number of hydrogen-bond acceptors (Lipinski definition) is 3. The molecule has 0 spiro atoms. The average molecular weight is 245 g/mol. The first-order valence-electron chi connectivity index (χ1n) is 4.95. The van der Waals surface area contributed by atoms with Gasteiger partial charge in [0.05, 0.1) is 9.21 Å². The second-order valence-electron chi connectivity index (χ2n) is 3.71. The summed E-state index contributed by atoms with van der Waals surface area (Å²) < 4.78 is 0.668. The van der Waals surface area contributed by atoms with Gasteiger partial charge in [-0.1, -0.05) is 11.6 Å². The van der Waals surface area contributed by atoms with Crippen molar-refractivity contribution in [3.8, 4) is 0 Å². The number of rotatable bonds is 1. The zero-order valence-electron chi connectivity index (χ0n) is 8.50. The minimum atomic E-state index is 0.0975. The quantitative estimate of drug-likeness (QED) is 0.818. The molecule has 1 fully saturated rings. The van der Waals surface area contributed by atoms with E-state index in [0.717, 1.165) is 24.5 Å². The molecule has 0 saturated carbocycles. The average Bonchev–Trinajstić information content (AvgIpc) is 2.64. The Hall–Kier alpha value is -0.580. The van der Waals surface area contributed by atoms with Gasteiger partial charge in [-0.05, 0) is 19.1 Å². The molecule has 0 aromatic carbocycles. The maximum Gasteiger partial charge on any atom is 0.264 e. The van der Waals surface area contributed by atoms with Crippen molar-refractivity contribution < 1.29 is 4.79 Å². The summed E-state index contributed by atoms with van der Waals surface area (Å²) in [6.45, 7) is 4.50. The van der Waals surface area contributed by atoms with Crippen LogP contribution in [-0.4, -0.2) is 36.5 Å². The van der Waals surface area contributed by atoms with E-state index in [1.807, 2.05) is 4.90 Å². The third kappa shape index (κ3) is 2.51. The monoisotopic (exact) mass is 244 g/mol. The van der Waals surface area contributed by atoms with Gasteiger partial charge in [0, 0.05) is 25.7 Å². The molecule has 1 amide bonds. The van der Waals surface area contributed by atoms with E-state index in [9.17, 15) is 4.79 Å². The fourth-order valence-corrected chi connectivity index (χ4v) is 2.71. The maximum atomic E-state index is 12.0. The Kier molecular flexibility index (Phi) is 3.29. The molecule has 1 saturated heterocycles. The van der Waals surface area contributed by atoms with Gasteiger partial charge in [0.1, 0.15) is 0 Å². The molecular formula is C10H13ClN2OS. The second-order valence-corrected chi connectivity index (χ2v) is 5.43. The second kappa shape index (κ2) is 4.51. The lowest BCUT2D eigenvalue weighted by atomic mass is 10.2. The SMILES string of the molecule is C[C@@H]1CN(C(=O)c2ccc(Cl)s2)CCN1. The highest BCUT2D eigenvalue weighted by molar-refractivity contribution is 7.17. The Morgan fingerprint density at radius 2 is 2.47 bits per heavy atom. The van der Waals surface area contributed by atoms with E-state index in [-0.39, 0.29) is 5.91 Å². The highest BCUT2D eigenvalue weighted by atomic mass is 35.5. The molecule has 2 rings (SSSR count). The molecule has 1 aromatic heterocycles. The first kappa shape index (κ1) is 10.9. The predicted molar refractivity (Wildman–Crippen MR) is 62.7 cm³/mol. The first-order chi connectivity index (χ1) is 7.16. The topological polar surface area (TPSA) is 32.3 Å². The Morgan fingerprint density at radius 1 is 1.67 bits per heavy atom. The molecule has 15 heavy (non-hydrogen) atoms. The van der Waals surface area contributed by atoms with E-state index in [1.165, 1.54) is 11.3 Å². The van der Waals surface area contributed by atoms with E-state index in [1.54, 1.807) is 12.1 Å². The predicted octanol–water partition coefficient (Wildman–Crippen LogP) is 1.84. The van der Waals surface area contributed by atoms with Crippen LogP contribution >= 0.6 is 22.9 Å². The molecule has 1 aliphatic rings. The van der Waals surface area contributed by atoms with E-state index in [2.05, 4.69) is 12.2 Å².